The highest BCUT2D eigenvalue weighted by molar-refractivity contribution is 5.97. The molecule has 1 aromatic carbocycles. The largest absolute Gasteiger partial charge is 0.394 e. The van der Waals surface area contributed by atoms with E-state index in [1.54, 1.807) is 24.3 Å². The van der Waals surface area contributed by atoms with Crippen LogP contribution in [0.4, 0.5) is 27.5 Å². The van der Waals surface area contributed by atoms with Crippen LogP contribution in [0.1, 0.15) is 33.1 Å². The Morgan fingerprint density at radius 3 is 2.78 bits per heavy atom. The van der Waals surface area contributed by atoms with Crippen molar-refractivity contribution in [2.45, 2.75) is 39.2 Å². The maximum absolute atomic E-state index is 13.9. The number of carbonyl (C=O) groups is 1. The predicted octanol–water partition coefficient (Wildman–Crippen LogP) is 3.28. The summed E-state index contributed by atoms with van der Waals surface area (Å²) in [6.07, 6.45) is 3.51. The average Bonchev–Trinajstić information content (AvgIpc) is 3.41. The minimum Gasteiger partial charge on any atom is -0.394 e. The second-order valence-corrected chi connectivity index (χ2v) is 7.04. The molecule has 1 fully saturated rings. The number of carbonyl (C=O) groups excluding carboxylic acids is 1. The van der Waals surface area contributed by atoms with Crippen molar-refractivity contribution < 1.29 is 14.3 Å². The molecule has 3 rings (SSSR count). The fraction of sp³-hybridized carbons (Fsp3) is 0.421. The molecule has 0 bridgehead atoms. The van der Waals surface area contributed by atoms with E-state index in [-0.39, 0.29) is 35.7 Å². The summed E-state index contributed by atoms with van der Waals surface area (Å²) in [5.41, 5.74) is 1.08. The summed E-state index contributed by atoms with van der Waals surface area (Å²) in [4.78, 5) is 20.3. The molecule has 0 spiro atoms. The summed E-state index contributed by atoms with van der Waals surface area (Å²) >= 11 is 0. The van der Waals surface area contributed by atoms with Crippen molar-refractivity contribution in [1.29, 1.82) is 0 Å². The van der Waals surface area contributed by atoms with Crippen LogP contribution < -0.4 is 16.0 Å². The van der Waals surface area contributed by atoms with E-state index in [1.807, 2.05) is 13.8 Å². The number of rotatable bonds is 8. The third kappa shape index (κ3) is 4.71. The summed E-state index contributed by atoms with van der Waals surface area (Å²) < 4.78 is 13.9. The van der Waals surface area contributed by atoms with E-state index in [9.17, 15) is 14.3 Å². The first-order valence-corrected chi connectivity index (χ1v) is 9.02. The molecule has 1 atom stereocenters. The summed E-state index contributed by atoms with van der Waals surface area (Å²) in [7, 11) is 0. The van der Waals surface area contributed by atoms with Gasteiger partial charge < -0.3 is 21.1 Å². The van der Waals surface area contributed by atoms with Gasteiger partial charge >= 0.3 is 0 Å². The molecule has 1 aliphatic rings. The van der Waals surface area contributed by atoms with Crippen molar-refractivity contribution >= 4 is 29.0 Å². The molecule has 0 unspecified atom stereocenters. The van der Waals surface area contributed by atoms with Crippen LogP contribution in [-0.2, 0) is 4.79 Å². The van der Waals surface area contributed by atoms with Crippen molar-refractivity contribution in [1.82, 2.24) is 9.97 Å². The van der Waals surface area contributed by atoms with E-state index in [2.05, 4.69) is 25.9 Å². The van der Waals surface area contributed by atoms with Gasteiger partial charge in [-0.15, -0.1) is 0 Å². The average molecular weight is 373 g/mol. The lowest BCUT2D eigenvalue weighted by Gasteiger charge is -2.16. The molecule has 8 heteroatoms. The molecule has 1 aliphatic carbocycles. The van der Waals surface area contributed by atoms with E-state index in [1.165, 1.54) is 0 Å². The smallest absolute Gasteiger partial charge is 0.230 e. The lowest BCUT2D eigenvalue weighted by Crippen LogP contribution is -2.24. The number of hydrogen-bond donors (Lipinski definition) is 4. The molecular formula is C19H24FN5O2. The first kappa shape index (κ1) is 19.0. The second kappa shape index (κ2) is 7.87. The Bertz CT molecular complexity index is 821. The van der Waals surface area contributed by atoms with Gasteiger partial charge in [-0.1, -0.05) is 19.9 Å². The van der Waals surface area contributed by atoms with Gasteiger partial charge in [0.15, 0.2) is 11.6 Å². The molecule has 144 valence electrons. The van der Waals surface area contributed by atoms with Gasteiger partial charge in [-0.05, 0) is 37.5 Å². The van der Waals surface area contributed by atoms with Crippen LogP contribution in [0.25, 0.3) is 0 Å². The third-order valence-electron chi connectivity index (χ3n) is 4.72. The molecule has 0 aliphatic heterocycles. The number of nitrogens with zero attached hydrogens (tertiary/aromatic N) is 2. The van der Waals surface area contributed by atoms with E-state index in [0.717, 1.165) is 19.0 Å². The van der Waals surface area contributed by atoms with Crippen molar-refractivity contribution in [3.05, 3.63) is 36.3 Å². The minimum absolute atomic E-state index is 0.0128. The van der Waals surface area contributed by atoms with Crippen LogP contribution >= 0.6 is 0 Å². The summed E-state index contributed by atoms with van der Waals surface area (Å²) in [6.45, 7) is 3.71. The highest BCUT2D eigenvalue weighted by Crippen LogP contribution is 2.45. The minimum atomic E-state index is -0.592. The van der Waals surface area contributed by atoms with Gasteiger partial charge in [0, 0.05) is 16.8 Å². The first-order chi connectivity index (χ1) is 12.9. The molecule has 0 radical (unpaired) electrons. The molecule has 1 amide bonds. The standard InChI is InChI=1S/C19H24FN5O2/c1-3-12(11-26)22-16-15(20)10-21-18(25-16)24-14-6-4-5-13(9-14)23-17(27)19(2)7-8-19/h4-6,9-10,12,26H,3,7-8,11H2,1-2H3,(H,23,27)(H2,21,22,24,25)/t12-/m0/s1. The van der Waals surface area contributed by atoms with Gasteiger partial charge in [0.05, 0.1) is 18.8 Å². The third-order valence-corrected chi connectivity index (χ3v) is 4.72. The second-order valence-electron chi connectivity index (χ2n) is 7.04. The van der Waals surface area contributed by atoms with Gasteiger partial charge in [0.2, 0.25) is 11.9 Å². The van der Waals surface area contributed by atoms with Crippen LogP contribution in [0.3, 0.4) is 0 Å². The number of hydrogen-bond acceptors (Lipinski definition) is 6. The van der Waals surface area contributed by atoms with E-state index in [4.69, 9.17) is 0 Å². The Labute approximate surface area is 157 Å². The number of anilines is 4. The maximum Gasteiger partial charge on any atom is 0.230 e. The number of aliphatic hydroxyl groups is 1. The Hall–Kier alpha value is -2.74. The molecule has 4 N–H and O–H groups in total. The zero-order valence-electron chi connectivity index (χ0n) is 15.4. The molecule has 7 nitrogen and oxygen atoms in total. The highest BCUT2D eigenvalue weighted by Gasteiger charge is 2.44. The van der Waals surface area contributed by atoms with Crippen LogP contribution in [0.15, 0.2) is 30.5 Å². The molecule has 27 heavy (non-hydrogen) atoms. The van der Waals surface area contributed by atoms with Crippen molar-refractivity contribution in [3.8, 4) is 0 Å². The zero-order chi connectivity index (χ0) is 19.4. The number of nitrogens with one attached hydrogen (secondary N) is 3. The van der Waals surface area contributed by atoms with Gasteiger partial charge in [-0.25, -0.2) is 9.37 Å². The van der Waals surface area contributed by atoms with Gasteiger partial charge in [0.25, 0.3) is 0 Å². The SMILES string of the molecule is CC[C@@H](CO)Nc1nc(Nc2cccc(NC(=O)C3(C)CC3)c2)ncc1F. The van der Waals surface area contributed by atoms with Crippen LogP contribution in [0.2, 0.25) is 0 Å². The monoisotopic (exact) mass is 373 g/mol. The molecule has 1 aromatic heterocycles. The first-order valence-electron chi connectivity index (χ1n) is 9.02. The summed E-state index contributed by atoms with van der Waals surface area (Å²) in [5.74, 6) is -0.339. The zero-order valence-corrected chi connectivity index (χ0v) is 15.4. The summed E-state index contributed by atoms with van der Waals surface area (Å²) in [5, 5.41) is 18.0. The number of benzene rings is 1. The Morgan fingerprint density at radius 1 is 1.37 bits per heavy atom. The fourth-order valence-corrected chi connectivity index (χ4v) is 2.50. The van der Waals surface area contributed by atoms with Crippen molar-refractivity contribution in [2.75, 3.05) is 22.6 Å². The van der Waals surface area contributed by atoms with Crippen LogP contribution in [0, 0.1) is 11.2 Å². The fourth-order valence-electron chi connectivity index (χ4n) is 2.50. The predicted molar refractivity (Wildman–Crippen MR) is 102 cm³/mol. The van der Waals surface area contributed by atoms with Gasteiger partial charge in [-0.3, -0.25) is 4.79 Å². The number of aliphatic hydroxyl groups excluding tert-OH is 1. The Morgan fingerprint density at radius 2 is 2.11 bits per heavy atom. The molecule has 2 aromatic rings. The lowest BCUT2D eigenvalue weighted by molar-refractivity contribution is -0.120. The van der Waals surface area contributed by atoms with Gasteiger partial charge in [0.1, 0.15) is 0 Å². The Kier molecular flexibility index (Phi) is 5.55. The van der Waals surface area contributed by atoms with E-state index < -0.39 is 5.82 Å². The van der Waals surface area contributed by atoms with Crippen molar-refractivity contribution in [3.63, 3.8) is 0 Å². The normalized spacial score (nSPS) is 15.7. The molecule has 0 saturated heterocycles. The number of halogens is 1. The molecular weight excluding hydrogens is 349 g/mol. The topological polar surface area (TPSA) is 99.2 Å². The highest BCUT2D eigenvalue weighted by atomic mass is 19.1. The molecule has 1 heterocycles. The van der Waals surface area contributed by atoms with Crippen LogP contribution in [-0.4, -0.2) is 33.6 Å². The Balaban J connectivity index is 1.71. The maximum atomic E-state index is 13.9. The van der Waals surface area contributed by atoms with Crippen LogP contribution in [0.5, 0.6) is 0 Å². The quantitative estimate of drug-likeness (QED) is 0.567. The lowest BCUT2D eigenvalue weighted by atomic mass is 10.1. The number of amides is 1. The van der Waals surface area contributed by atoms with E-state index >= 15 is 0 Å². The molecule has 1 saturated carbocycles. The van der Waals surface area contributed by atoms with Gasteiger partial charge in [-0.2, -0.15) is 4.98 Å². The van der Waals surface area contributed by atoms with E-state index in [0.29, 0.717) is 17.8 Å². The van der Waals surface area contributed by atoms with Crippen molar-refractivity contribution in [2.24, 2.45) is 5.41 Å². The number of aromatic nitrogens is 2. The summed E-state index contributed by atoms with van der Waals surface area (Å²) in [6, 6.07) is 6.89.